The fourth-order valence-electron chi connectivity index (χ4n) is 3.05. The van der Waals surface area contributed by atoms with Crippen LogP contribution in [0.3, 0.4) is 0 Å². The molecule has 1 aromatic rings. The molecule has 1 aliphatic rings. The number of hydrogen-bond acceptors (Lipinski definition) is 1. The summed E-state index contributed by atoms with van der Waals surface area (Å²) >= 11 is 0. The molecule has 0 saturated heterocycles. The lowest BCUT2D eigenvalue weighted by Crippen LogP contribution is -2.25. The van der Waals surface area contributed by atoms with Crippen molar-refractivity contribution >= 4 is 0 Å². The quantitative estimate of drug-likeness (QED) is 0.811. The van der Waals surface area contributed by atoms with E-state index in [0.717, 1.165) is 18.5 Å². The topological polar surface area (TPSA) is 12.0 Å². The van der Waals surface area contributed by atoms with Gasteiger partial charge in [0.15, 0.2) is 0 Å². The second kappa shape index (κ2) is 6.20. The molecule has 1 N–H and O–H groups in total. The molecule has 0 aromatic heterocycles. The van der Waals surface area contributed by atoms with Crippen molar-refractivity contribution in [1.82, 2.24) is 5.32 Å². The Balaban J connectivity index is 2.00. The van der Waals surface area contributed by atoms with Gasteiger partial charge in [-0.25, -0.2) is 0 Å². The predicted octanol–water partition coefficient (Wildman–Crippen LogP) is 3.88. The lowest BCUT2D eigenvalue weighted by molar-refractivity contribution is 0.535. The van der Waals surface area contributed by atoms with Gasteiger partial charge in [-0.1, -0.05) is 44.5 Å². The molecule has 0 bridgehead atoms. The Kier molecular flexibility index (Phi) is 4.61. The monoisotopic (exact) mass is 231 g/mol. The first-order valence-corrected chi connectivity index (χ1v) is 7.15. The first kappa shape index (κ1) is 12.6. The first-order chi connectivity index (χ1) is 8.33. The molecule has 1 saturated carbocycles. The zero-order chi connectivity index (χ0) is 12.1. The van der Waals surface area contributed by atoms with Gasteiger partial charge in [0, 0.05) is 6.04 Å². The highest BCUT2D eigenvalue weighted by molar-refractivity contribution is 5.27. The predicted molar refractivity (Wildman–Crippen MR) is 74.5 cm³/mol. The number of aryl methyl sites for hydroxylation is 1. The molecule has 0 heterocycles. The van der Waals surface area contributed by atoms with Crippen LogP contribution in [0.15, 0.2) is 24.3 Å². The van der Waals surface area contributed by atoms with Crippen LogP contribution in [-0.2, 0) is 6.42 Å². The van der Waals surface area contributed by atoms with Gasteiger partial charge in [0.2, 0.25) is 0 Å². The SMILES string of the molecule is CCCc1cccc(C2CCC(NCC)C2)c1. The summed E-state index contributed by atoms with van der Waals surface area (Å²) in [6.45, 7) is 5.56. The van der Waals surface area contributed by atoms with Crippen molar-refractivity contribution < 1.29 is 0 Å². The van der Waals surface area contributed by atoms with Crippen molar-refractivity contribution in [3.8, 4) is 0 Å². The van der Waals surface area contributed by atoms with Gasteiger partial charge in [-0.15, -0.1) is 0 Å². The second-order valence-electron chi connectivity index (χ2n) is 5.26. The molecule has 1 aromatic carbocycles. The maximum atomic E-state index is 3.58. The van der Waals surface area contributed by atoms with Crippen LogP contribution in [0.25, 0.3) is 0 Å². The van der Waals surface area contributed by atoms with E-state index >= 15 is 0 Å². The van der Waals surface area contributed by atoms with Crippen molar-refractivity contribution in [2.45, 2.75) is 57.9 Å². The number of rotatable bonds is 5. The largest absolute Gasteiger partial charge is 0.314 e. The molecule has 1 fully saturated rings. The molecular formula is C16H25N. The average Bonchev–Trinajstić information content (AvgIpc) is 2.79. The van der Waals surface area contributed by atoms with E-state index in [1.54, 1.807) is 5.56 Å². The van der Waals surface area contributed by atoms with E-state index in [0.29, 0.717) is 0 Å². The Hall–Kier alpha value is -0.820. The van der Waals surface area contributed by atoms with Crippen LogP contribution in [0.2, 0.25) is 0 Å². The smallest absolute Gasteiger partial charge is 0.00729 e. The van der Waals surface area contributed by atoms with Gasteiger partial charge in [-0.05, 0) is 49.3 Å². The highest BCUT2D eigenvalue weighted by atomic mass is 14.9. The average molecular weight is 231 g/mol. The summed E-state index contributed by atoms with van der Waals surface area (Å²) in [5.41, 5.74) is 3.08. The maximum Gasteiger partial charge on any atom is 0.00729 e. The Morgan fingerprint density at radius 3 is 2.88 bits per heavy atom. The molecule has 0 spiro atoms. The Bertz CT molecular complexity index is 345. The lowest BCUT2D eigenvalue weighted by atomic mass is 9.95. The highest BCUT2D eigenvalue weighted by Gasteiger charge is 2.24. The van der Waals surface area contributed by atoms with Crippen molar-refractivity contribution in [3.63, 3.8) is 0 Å². The highest BCUT2D eigenvalue weighted by Crippen LogP contribution is 2.34. The van der Waals surface area contributed by atoms with Gasteiger partial charge in [0.25, 0.3) is 0 Å². The molecule has 1 heteroatoms. The zero-order valence-corrected chi connectivity index (χ0v) is 11.2. The van der Waals surface area contributed by atoms with E-state index in [4.69, 9.17) is 0 Å². The first-order valence-electron chi connectivity index (χ1n) is 7.15. The molecular weight excluding hydrogens is 206 g/mol. The van der Waals surface area contributed by atoms with Crippen molar-refractivity contribution in [3.05, 3.63) is 35.4 Å². The fourth-order valence-corrected chi connectivity index (χ4v) is 3.05. The summed E-state index contributed by atoms with van der Waals surface area (Å²) in [5.74, 6) is 0.788. The minimum atomic E-state index is 0.750. The molecule has 94 valence electrons. The normalized spacial score (nSPS) is 24.1. The maximum absolute atomic E-state index is 3.58. The molecule has 1 nitrogen and oxygen atoms in total. The third-order valence-electron chi connectivity index (χ3n) is 3.89. The van der Waals surface area contributed by atoms with E-state index in [-0.39, 0.29) is 0 Å². The summed E-state index contributed by atoms with van der Waals surface area (Å²) in [7, 11) is 0. The van der Waals surface area contributed by atoms with Crippen LogP contribution in [0.1, 0.15) is 56.6 Å². The molecule has 0 radical (unpaired) electrons. The summed E-state index contributed by atoms with van der Waals surface area (Å²) in [6.07, 6.45) is 6.48. The fraction of sp³-hybridized carbons (Fsp3) is 0.625. The van der Waals surface area contributed by atoms with E-state index in [2.05, 4.69) is 43.4 Å². The summed E-state index contributed by atoms with van der Waals surface area (Å²) < 4.78 is 0. The van der Waals surface area contributed by atoms with Crippen LogP contribution in [0.4, 0.5) is 0 Å². The molecule has 0 aliphatic heterocycles. The van der Waals surface area contributed by atoms with E-state index in [1.165, 1.54) is 37.7 Å². The van der Waals surface area contributed by atoms with Crippen LogP contribution in [0.5, 0.6) is 0 Å². The second-order valence-corrected chi connectivity index (χ2v) is 5.26. The van der Waals surface area contributed by atoms with Gasteiger partial charge >= 0.3 is 0 Å². The molecule has 17 heavy (non-hydrogen) atoms. The van der Waals surface area contributed by atoms with E-state index in [1.807, 2.05) is 0 Å². The van der Waals surface area contributed by atoms with Crippen LogP contribution >= 0.6 is 0 Å². The Labute approximate surface area is 106 Å². The Morgan fingerprint density at radius 2 is 2.12 bits per heavy atom. The lowest BCUT2D eigenvalue weighted by Gasteiger charge is -2.13. The minimum Gasteiger partial charge on any atom is -0.314 e. The van der Waals surface area contributed by atoms with E-state index < -0.39 is 0 Å². The van der Waals surface area contributed by atoms with Gasteiger partial charge < -0.3 is 5.32 Å². The molecule has 1 aliphatic carbocycles. The molecule has 0 amide bonds. The van der Waals surface area contributed by atoms with Crippen molar-refractivity contribution in [2.24, 2.45) is 0 Å². The van der Waals surface area contributed by atoms with Crippen molar-refractivity contribution in [1.29, 1.82) is 0 Å². The van der Waals surface area contributed by atoms with Crippen LogP contribution in [-0.4, -0.2) is 12.6 Å². The van der Waals surface area contributed by atoms with Gasteiger partial charge in [-0.2, -0.15) is 0 Å². The van der Waals surface area contributed by atoms with Crippen LogP contribution in [0, 0.1) is 0 Å². The van der Waals surface area contributed by atoms with Gasteiger partial charge in [0.1, 0.15) is 0 Å². The van der Waals surface area contributed by atoms with Crippen LogP contribution < -0.4 is 5.32 Å². The van der Waals surface area contributed by atoms with Crippen molar-refractivity contribution in [2.75, 3.05) is 6.54 Å². The number of hydrogen-bond donors (Lipinski definition) is 1. The summed E-state index contributed by atoms with van der Waals surface area (Å²) in [6, 6.07) is 10.0. The van der Waals surface area contributed by atoms with E-state index in [9.17, 15) is 0 Å². The molecule has 2 unspecified atom stereocenters. The standard InChI is InChI=1S/C16H25N/c1-3-6-13-7-5-8-14(11-13)15-9-10-16(12-15)17-4-2/h5,7-8,11,15-17H,3-4,6,9-10,12H2,1-2H3. The number of benzene rings is 1. The third kappa shape index (κ3) is 3.32. The summed E-state index contributed by atoms with van der Waals surface area (Å²) in [5, 5.41) is 3.58. The van der Waals surface area contributed by atoms with Gasteiger partial charge in [0.05, 0.1) is 0 Å². The summed E-state index contributed by atoms with van der Waals surface area (Å²) in [4.78, 5) is 0. The van der Waals surface area contributed by atoms with Gasteiger partial charge in [-0.3, -0.25) is 0 Å². The minimum absolute atomic E-state index is 0.750. The number of nitrogens with one attached hydrogen (secondary N) is 1. The molecule has 2 rings (SSSR count). The third-order valence-corrected chi connectivity index (χ3v) is 3.89. The zero-order valence-electron chi connectivity index (χ0n) is 11.2. The molecule has 2 atom stereocenters. The Morgan fingerprint density at radius 1 is 1.24 bits per heavy atom.